The Morgan fingerprint density at radius 1 is 1.13 bits per heavy atom. The second-order valence-corrected chi connectivity index (χ2v) is 5.33. The van der Waals surface area contributed by atoms with Gasteiger partial charge in [0, 0.05) is 13.2 Å². The SMILES string of the molecule is C[C@H]1C[C@H](OCCCN2CCCCC2)C1. The first-order chi connectivity index (χ1) is 7.34. The third-order valence-corrected chi connectivity index (χ3v) is 3.75. The van der Waals surface area contributed by atoms with Crippen LogP contribution in [0.1, 0.15) is 45.4 Å². The molecule has 1 saturated heterocycles. The van der Waals surface area contributed by atoms with Gasteiger partial charge >= 0.3 is 0 Å². The molecule has 0 amide bonds. The molecule has 88 valence electrons. The maximum Gasteiger partial charge on any atom is 0.0580 e. The van der Waals surface area contributed by atoms with Crippen LogP contribution in [0.15, 0.2) is 0 Å². The van der Waals surface area contributed by atoms with Crippen molar-refractivity contribution in [2.75, 3.05) is 26.2 Å². The lowest BCUT2D eigenvalue weighted by molar-refractivity contribution is -0.0284. The van der Waals surface area contributed by atoms with Gasteiger partial charge in [-0.1, -0.05) is 13.3 Å². The second-order valence-electron chi connectivity index (χ2n) is 5.33. The van der Waals surface area contributed by atoms with Gasteiger partial charge in [0.1, 0.15) is 0 Å². The number of nitrogens with zero attached hydrogens (tertiary/aromatic N) is 1. The van der Waals surface area contributed by atoms with Gasteiger partial charge < -0.3 is 9.64 Å². The minimum atomic E-state index is 0.598. The van der Waals surface area contributed by atoms with Gasteiger partial charge in [0.05, 0.1) is 6.10 Å². The molecule has 0 aromatic heterocycles. The van der Waals surface area contributed by atoms with Crippen LogP contribution in [0.2, 0.25) is 0 Å². The van der Waals surface area contributed by atoms with E-state index < -0.39 is 0 Å². The fourth-order valence-electron chi connectivity index (χ4n) is 2.69. The largest absolute Gasteiger partial charge is 0.378 e. The fraction of sp³-hybridized carbons (Fsp3) is 1.00. The van der Waals surface area contributed by atoms with Gasteiger partial charge in [0.2, 0.25) is 0 Å². The summed E-state index contributed by atoms with van der Waals surface area (Å²) in [6.45, 7) is 7.19. The molecule has 0 aromatic rings. The molecule has 2 fully saturated rings. The molecule has 0 atom stereocenters. The quantitative estimate of drug-likeness (QED) is 0.648. The van der Waals surface area contributed by atoms with Crippen molar-refractivity contribution in [2.24, 2.45) is 5.92 Å². The lowest BCUT2D eigenvalue weighted by Gasteiger charge is -2.33. The lowest BCUT2D eigenvalue weighted by Crippen LogP contribution is -2.33. The predicted octanol–water partition coefficient (Wildman–Crippen LogP) is 2.68. The van der Waals surface area contributed by atoms with E-state index in [2.05, 4.69) is 11.8 Å². The van der Waals surface area contributed by atoms with E-state index in [1.165, 1.54) is 58.2 Å². The number of ether oxygens (including phenoxy) is 1. The van der Waals surface area contributed by atoms with Gasteiger partial charge in [-0.3, -0.25) is 0 Å². The van der Waals surface area contributed by atoms with Crippen LogP contribution in [0, 0.1) is 5.92 Å². The lowest BCUT2D eigenvalue weighted by atomic mass is 9.84. The fourth-order valence-corrected chi connectivity index (χ4v) is 2.69. The summed E-state index contributed by atoms with van der Waals surface area (Å²) >= 11 is 0. The summed E-state index contributed by atoms with van der Waals surface area (Å²) in [5.74, 6) is 0.914. The van der Waals surface area contributed by atoms with Crippen LogP contribution in [0.4, 0.5) is 0 Å². The molecule has 2 rings (SSSR count). The number of rotatable bonds is 5. The van der Waals surface area contributed by atoms with Crippen molar-refractivity contribution in [3.8, 4) is 0 Å². The summed E-state index contributed by atoms with van der Waals surface area (Å²) in [5.41, 5.74) is 0. The van der Waals surface area contributed by atoms with E-state index in [0.717, 1.165) is 12.5 Å². The van der Waals surface area contributed by atoms with Gasteiger partial charge in [0.25, 0.3) is 0 Å². The highest BCUT2D eigenvalue weighted by Crippen LogP contribution is 2.29. The van der Waals surface area contributed by atoms with Gasteiger partial charge in [0.15, 0.2) is 0 Å². The maximum atomic E-state index is 5.81. The summed E-state index contributed by atoms with van der Waals surface area (Å²) in [7, 11) is 0. The van der Waals surface area contributed by atoms with Crippen LogP contribution >= 0.6 is 0 Å². The van der Waals surface area contributed by atoms with Crippen molar-refractivity contribution < 1.29 is 4.74 Å². The topological polar surface area (TPSA) is 12.5 Å². The zero-order chi connectivity index (χ0) is 10.5. The van der Waals surface area contributed by atoms with Crippen molar-refractivity contribution in [1.82, 2.24) is 4.90 Å². The molecule has 2 heteroatoms. The molecule has 0 aromatic carbocycles. The number of piperidine rings is 1. The highest BCUT2D eigenvalue weighted by molar-refractivity contribution is 4.76. The normalized spacial score (nSPS) is 32.6. The number of hydrogen-bond donors (Lipinski definition) is 0. The smallest absolute Gasteiger partial charge is 0.0580 e. The predicted molar refractivity (Wildman–Crippen MR) is 63.0 cm³/mol. The molecule has 1 aliphatic heterocycles. The maximum absolute atomic E-state index is 5.81. The Balaban J connectivity index is 1.44. The monoisotopic (exact) mass is 211 g/mol. The summed E-state index contributed by atoms with van der Waals surface area (Å²) in [4.78, 5) is 2.59. The molecule has 0 bridgehead atoms. The molecule has 2 aliphatic rings. The highest BCUT2D eigenvalue weighted by atomic mass is 16.5. The molecule has 0 spiro atoms. The van der Waals surface area contributed by atoms with Crippen molar-refractivity contribution in [3.05, 3.63) is 0 Å². The van der Waals surface area contributed by atoms with E-state index in [-0.39, 0.29) is 0 Å². The van der Waals surface area contributed by atoms with Crippen molar-refractivity contribution in [2.45, 2.75) is 51.6 Å². The van der Waals surface area contributed by atoms with Crippen LogP contribution in [-0.2, 0) is 4.74 Å². The summed E-state index contributed by atoms with van der Waals surface area (Å²) in [6, 6.07) is 0. The Bertz CT molecular complexity index is 171. The minimum absolute atomic E-state index is 0.598. The van der Waals surface area contributed by atoms with Crippen molar-refractivity contribution in [1.29, 1.82) is 0 Å². The average molecular weight is 211 g/mol. The Labute approximate surface area is 94.0 Å². The van der Waals surface area contributed by atoms with E-state index in [1.54, 1.807) is 0 Å². The Kier molecular flexibility index (Phi) is 4.45. The molecule has 15 heavy (non-hydrogen) atoms. The molecular weight excluding hydrogens is 186 g/mol. The summed E-state index contributed by atoms with van der Waals surface area (Å²) < 4.78 is 5.81. The zero-order valence-electron chi connectivity index (χ0n) is 10.1. The van der Waals surface area contributed by atoms with E-state index in [1.807, 2.05) is 0 Å². The molecule has 1 aliphatic carbocycles. The second kappa shape index (κ2) is 5.86. The van der Waals surface area contributed by atoms with E-state index in [9.17, 15) is 0 Å². The van der Waals surface area contributed by atoms with Gasteiger partial charge in [-0.05, 0) is 51.1 Å². The Morgan fingerprint density at radius 3 is 2.53 bits per heavy atom. The van der Waals surface area contributed by atoms with Crippen LogP contribution in [0.25, 0.3) is 0 Å². The van der Waals surface area contributed by atoms with Crippen LogP contribution in [-0.4, -0.2) is 37.2 Å². The first-order valence-electron chi connectivity index (χ1n) is 6.68. The third kappa shape index (κ3) is 3.76. The van der Waals surface area contributed by atoms with Crippen molar-refractivity contribution >= 4 is 0 Å². The first-order valence-corrected chi connectivity index (χ1v) is 6.68. The van der Waals surface area contributed by atoms with Gasteiger partial charge in [-0.2, -0.15) is 0 Å². The van der Waals surface area contributed by atoms with E-state index >= 15 is 0 Å². The minimum Gasteiger partial charge on any atom is -0.378 e. The Hall–Kier alpha value is -0.0800. The average Bonchev–Trinajstić information content (AvgIpc) is 2.23. The molecular formula is C13H25NO. The van der Waals surface area contributed by atoms with E-state index in [0.29, 0.717) is 6.10 Å². The standard InChI is InChI=1S/C13H25NO/c1-12-10-13(11-12)15-9-5-8-14-6-3-2-4-7-14/h12-13H,2-11H2,1H3/t12-,13-. The Morgan fingerprint density at radius 2 is 1.87 bits per heavy atom. The molecule has 1 heterocycles. The molecule has 0 N–H and O–H groups in total. The number of hydrogen-bond acceptors (Lipinski definition) is 2. The van der Waals surface area contributed by atoms with Gasteiger partial charge in [-0.15, -0.1) is 0 Å². The third-order valence-electron chi connectivity index (χ3n) is 3.75. The molecule has 0 unspecified atom stereocenters. The highest BCUT2D eigenvalue weighted by Gasteiger charge is 2.25. The zero-order valence-corrected chi connectivity index (χ0v) is 10.1. The first kappa shape index (κ1) is 11.4. The van der Waals surface area contributed by atoms with E-state index in [4.69, 9.17) is 4.74 Å². The summed E-state index contributed by atoms with van der Waals surface area (Å²) in [6.07, 6.45) is 8.66. The van der Waals surface area contributed by atoms with Crippen LogP contribution in [0.5, 0.6) is 0 Å². The van der Waals surface area contributed by atoms with Crippen LogP contribution in [0.3, 0.4) is 0 Å². The van der Waals surface area contributed by atoms with Crippen molar-refractivity contribution in [3.63, 3.8) is 0 Å². The summed E-state index contributed by atoms with van der Waals surface area (Å²) in [5, 5.41) is 0. The van der Waals surface area contributed by atoms with Crippen LogP contribution < -0.4 is 0 Å². The number of likely N-dealkylation sites (tertiary alicyclic amines) is 1. The molecule has 0 radical (unpaired) electrons. The molecule has 2 nitrogen and oxygen atoms in total. The molecule has 1 saturated carbocycles. The van der Waals surface area contributed by atoms with Gasteiger partial charge in [-0.25, -0.2) is 0 Å².